The molecule has 1 atom stereocenters. The monoisotopic (exact) mass is 170 g/mol. The highest BCUT2D eigenvalue weighted by Gasteiger charge is 2.16. The SMILES string of the molecule is ClC1OCc2ccccc2O1. The molecule has 0 aromatic heterocycles. The highest BCUT2D eigenvalue weighted by Crippen LogP contribution is 2.26. The van der Waals surface area contributed by atoms with E-state index in [0.717, 1.165) is 11.3 Å². The third-order valence-corrected chi connectivity index (χ3v) is 1.78. The molecule has 0 aliphatic carbocycles. The summed E-state index contributed by atoms with van der Waals surface area (Å²) in [4.78, 5) is 0. The van der Waals surface area contributed by atoms with E-state index >= 15 is 0 Å². The molecule has 0 saturated carbocycles. The number of fused-ring (bicyclic) bond motifs is 1. The van der Waals surface area contributed by atoms with Gasteiger partial charge in [0, 0.05) is 5.56 Å². The molecule has 1 aliphatic heterocycles. The average molecular weight is 171 g/mol. The first-order chi connectivity index (χ1) is 5.36. The smallest absolute Gasteiger partial charge is 0.280 e. The third kappa shape index (κ3) is 1.32. The number of para-hydroxylation sites is 1. The topological polar surface area (TPSA) is 18.5 Å². The molecule has 58 valence electrons. The van der Waals surface area contributed by atoms with Gasteiger partial charge < -0.3 is 9.47 Å². The van der Waals surface area contributed by atoms with Crippen LogP contribution in [-0.4, -0.2) is 5.75 Å². The van der Waals surface area contributed by atoms with E-state index in [1.54, 1.807) is 0 Å². The van der Waals surface area contributed by atoms with E-state index in [-0.39, 0.29) is 0 Å². The molecule has 1 aromatic rings. The minimum Gasteiger partial charge on any atom is -0.450 e. The van der Waals surface area contributed by atoms with E-state index in [1.165, 1.54) is 0 Å². The maximum absolute atomic E-state index is 5.60. The Balaban J connectivity index is 2.34. The molecule has 2 nitrogen and oxygen atoms in total. The number of hydrogen-bond acceptors (Lipinski definition) is 2. The molecule has 2 rings (SSSR count). The zero-order valence-electron chi connectivity index (χ0n) is 5.79. The van der Waals surface area contributed by atoms with Gasteiger partial charge in [-0.2, -0.15) is 0 Å². The molecule has 0 spiro atoms. The minimum atomic E-state index is -0.634. The largest absolute Gasteiger partial charge is 0.450 e. The van der Waals surface area contributed by atoms with Gasteiger partial charge in [0.15, 0.2) is 0 Å². The lowest BCUT2D eigenvalue weighted by atomic mass is 10.2. The highest BCUT2D eigenvalue weighted by molar-refractivity contribution is 6.19. The molecular formula is C8H7ClO2. The minimum absolute atomic E-state index is 0.532. The number of rotatable bonds is 0. The lowest BCUT2D eigenvalue weighted by Crippen LogP contribution is -2.19. The maximum Gasteiger partial charge on any atom is 0.280 e. The first kappa shape index (κ1) is 6.95. The quantitative estimate of drug-likeness (QED) is 0.556. The van der Waals surface area contributed by atoms with Crippen molar-refractivity contribution in [2.75, 3.05) is 0 Å². The number of ether oxygens (including phenoxy) is 2. The molecule has 1 aromatic carbocycles. The molecule has 1 heterocycles. The highest BCUT2D eigenvalue weighted by atomic mass is 35.5. The first-order valence-electron chi connectivity index (χ1n) is 3.36. The molecule has 0 amide bonds. The van der Waals surface area contributed by atoms with E-state index in [1.807, 2.05) is 24.3 Å². The summed E-state index contributed by atoms with van der Waals surface area (Å²) in [5.74, 6) is 0.184. The van der Waals surface area contributed by atoms with Crippen LogP contribution >= 0.6 is 11.6 Å². The molecule has 1 unspecified atom stereocenters. The van der Waals surface area contributed by atoms with Crippen LogP contribution in [0, 0.1) is 0 Å². The van der Waals surface area contributed by atoms with Crippen LogP contribution < -0.4 is 4.74 Å². The molecule has 11 heavy (non-hydrogen) atoms. The molecular weight excluding hydrogens is 164 g/mol. The third-order valence-electron chi connectivity index (χ3n) is 1.56. The molecule has 0 bridgehead atoms. The Morgan fingerprint density at radius 3 is 3.09 bits per heavy atom. The number of halogens is 1. The summed E-state index contributed by atoms with van der Waals surface area (Å²) in [6.45, 7) is 0.532. The zero-order valence-corrected chi connectivity index (χ0v) is 6.54. The van der Waals surface area contributed by atoms with Gasteiger partial charge >= 0.3 is 0 Å². The Morgan fingerprint density at radius 1 is 1.36 bits per heavy atom. The number of alkyl halides is 1. The maximum atomic E-state index is 5.60. The fourth-order valence-corrected chi connectivity index (χ4v) is 1.19. The number of benzene rings is 1. The first-order valence-corrected chi connectivity index (χ1v) is 3.80. The van der Waals surface area contributed by atoms with Crippen LogP contribution in [0.2, 0.25) is 0 Å². The van der Waals surface area contributed by atoms with Crippen molar-refractivity contribution in [1.82, 2.24) is 0 Å². The lowest BCUT2D eigenvalue weighted by Gasteiger charge is -2.21. The van der Waals surface area contributed by atoms with Gasteiger partial charge in [-0.1, -0.05) is 18.2 Å². The van der Waals surface area contributed by atoms with Crippen molar-refractivity contribution in [2.45, 2.75) is 12.4 Å². The standard InChI is InChI=1S/C8H7ClO2/c9-8-10-5-6-3-1-2-4-7(6)11-8/h1-4,8H,5H2. The van der Waals surface area contributed by atoms with E-state index in [0.29, 0.717) is 6.61 Å². The van der Waals surface area contributed by atoms with E-state index in [2.05, 4.69) is 0 Å². The van der Waals surface area contributed by atoms with Crippen LogP contribution in [0.25, 0.3) is 0 Å². The molecule has 1 aliphatic rings. The second kappa shape index (κ2) is 2.72. The number of hydrogen-bond donors (Lipinski definition) is 0. The predicted molar refractivity (Wildman–Crippen MR) is 41.5 cm³/mol. The summed E-state index contributed by atoms with van der Waals surface area (Å²) >= 11 is 5.60. The normalized spacial score (nSPS) is 22.1. The van der Waals surface area contributed by atoms with Gasteiger partial charge in [-0.05, 0) is 17.7 Å². The molecule has 0 radical (unpaired) electrons. The molecule has 3 heteroatoms. The Hall–Kier alpha value is -0.730. The summed E-state index contributed by atoms with van der Waals surface area (Å²) < 4.78 is 10.2. The van der Waals surface area contributed by atoms with Crippen molar-refractivity contribution in [3.05, 3.63) is 29.8 Å². The van der Waals surface area contributed by atoms with Gasteiger partial charge in [-0.15, -0.1) is 0 Å². The van der Waals surface area contributed by atoms with Crippen molar-refractivity contribution in [3.63, 3.8) is 0 Å². The Kier molecular flexibility index (Phi) is 1.72. The van der Waals surface area contributed by atoms with Gasteiger partial charge in [0.25, 0.3) is 5.75 Å². The summed E-state index contributed by atoms with van der Waals surface area (Å²) in [7, 11) is 0. The summed E-state index contributed by atoms with van der Waals surface area (Å²) in [6.07, 6.45) is 0. The van der Waals surface area contributed by atoms with Crippen LogP contribution in [0.1, 0.15) is 5.56 Å². The zero-order chi connectivity index (χ0) is 7.68. The van der Waals surface area contributed by atoms with Gasteiger partial charge in [-0.3, -0.25) is 0 Å². The molecule has 0 N–H and O–H groups in total. The molecule has 0 fully saturated rings. The summed E-state index contributed by atoms with van der Waals surface area (Å²) in [5.41, 5.74) is 1.05. The summed E-state index contributed by atoms with van der Waals surface area (Å²) in [6, 6.07) is 7.69. The van der Waals surface area contributed by atoms with Crippen molar-refractivity contribution in [1.29, 1.82) is 0 Å². The fraction of sp³-hybridized carbons (Fsp3) is 0.250. The second-order valence-electron chi connectivity index (χ2n) is 2.31. The van der Waals surface area contributed by atoms with Gasteiger partial charge in [0.1, 0.15) is 5.75 Å². The van der Waals surface area contributed by atoms with E-state index in [4.69, 9.17) is 21.1 Å². The van der Waals surface area contributed by atoms with Crippen LogP contribution in [-0.2, 0) is 11.3 Å². The lowest BCUT2D eigenvalue weighted by molar-refractivity contribution is -0.0509. The average Bonchev–Trinajstić information content (AvgIpc) is 2.04. The molecule has 0 saturated heterocycles. The Bertz CT molecular complexity index is 262. The van der Waals surface area contributed by atoms with Crippen molar-refractivity contribution in [3.8, 4) is 5.75 Å². The van der Waals surface area contributed by atoms with Crippen LogP contribution in [0.15, 0.2) is 24.3 Å². The van der Waals surface area contributed by atoms with Crippen molar-refractivity contribution in [2.24, 2.45) is 0 Å². The Labute approximate surface area is 69.7 Å². The summed E-state index contributed by atoms with van der Waals surface area (Å²) in [5, 5.41) is 0. The van der Waals surface area contributed by atoms with E-state index < -0.39 is 5.75 Å². The second-order valence-corrected chi connectivity index (χ2v) is 2.67. The van der Waals surface area contributed by atoms with Crippen LogP contribution in [0.3, 0.4) is 0 Å². The Morgan fingerprint density at radius 2 is 2.18 bits per heavy atom. The van der Waals surface area contributed by atoms with E-state index in [9.17, 15) is 0 Å². The van der Waals surface area contributed by atoms with Crippen molar-refractivity contribution >= 4 is 11.6 Å². The fourth-order valence-electron chi connectivity index (χ4n) is 1.03. The van der Waals surface area contributed by atoms with Gasteiger partial charge in [0.05, 0.1) is 6.61 Å². The van der Waals surface area contributed by atoms with Gasteiger partial charge in [0.2, 0.25) is 0 Å². The van der Waals surface area contributed by atoms with Crippen molar-refractivity contribution < 1.29 is 9.47 Å². The van der Waals surface area contributed by atoms with Crippen LogP contribution in [0.5, 0.6) is 5.75 Å². The van der Waals surface area contributed by atoms with Crippen LogP contribution in [0.4, 0.5) is 0 Å². The van der Waals surface area contributed by atoms with Gasteiger partial charge in [-0.25, -0.2) is 0 Å². The predicted octanol–water partition coefficient (Wildman–Crippen LogP) is 2.12.